The standard InChI is InChI=1S/C48H68N4O11/c1-25-14-13-18-47(7,8)30(6)40(55)28(4)39(54)27(3)38(53)26(2)33(61-10)17-23-62-48(9)45(59)36-34-35(41(56)29(5)44(36)63-48)43(58)37(50-46(25)60)32(42(34)57)24-49-52-21-19-51(20-22-52)31-15-11-12-16-31/h13-14,17-18,23-24,26-28,30-31,33,38-40,53-58H,11-12,15-16,19-22H2,1-10H3,(H,50,60)/b18-13+,23-17+,25-14-,49-24+/t26-,27+,28+,30-,33+,38-,39+,40-,48+/m1/s1. The Morgan fingerprint density at radius 3 is 2.11 bits per heavy atom. The van der Waals surface area contributed by atoms with Gasteiger partial charge in [-0.05, 0) is 44.1 Å². The van der Waals surface area contributed by atoms with Crippen molar-refractivity contribution in [1.29, 1.82) is 0 Å². The first-order chi connectivity index (χ1) is 29.6. The number of rotatable bonds is 4. The Balaban J connectivity index is 1.47. The summed E-state index contributed by atoms with van der Waals surface area (Å²) in [5.41, 5.74) is -0.818. The minimum Gasteiger partial charge on any atom is -0.507 e. The maximum absolute atomic E-state index is 14.5. The molecule has 0 radical (unpaired) electrons. The van der Waals surface area contributed by atoms with Crippen LogP contribution in [0.4, 0.5) is 5.69 Å². The number of allylic oxidation sites excluding steroid dienone is 3. The fourth-order valence-electron chi connectivity index (χ4n) is 9.60. The van der Waals surface area contributed by atoms with Crippen LogP contribution in [0.25, 0.3) is 10.8 Å². The number of Topliss-reactive ketones (excluding diaryl/α,β-unsaturated/α-hetero) is 1. The second-order valence-corrected chi connectivity index (χ2v) is 18.9. The lowest BCUT2D eigenvalue weighted by atomic mass is 9.71. The van der Waals surface area contributed by atoms with Crippen LogP contribution in [0.1, 0.15) is 103 Å². The molecule has 5 aliphatic rings. The van der Waals surface area contributed by atoms with Crippen LogP contribution < -0.4 is 10.1 Å². The molecule has 0 aromatic heterocycles. The third-order valence-electron chi connectivity index (χ3n) is 14.5. The van der Waals surface area contributed by atoms with Crippen LogP contribution in [-0.2, 0) is 14.3 Å². The van der Waals surface area contributed by atoms with Gasteiger partial charge in [-0.3, -0.25) is 19.5 Å². The van der Waals surface area contributed by atoms with E-state index in [2.05, 4.69) is 10.2 Å². The fraction of sp³-hybridized carbons (Fsp3) is 0.604. The molecular weight excluding hydrogens is 809 g/mol. The first kappa shape index (κ1) is 47.8. The number of amides is 1. The van der Waals surface area contributed by atoms with E-state index in [1.54, 1.807) is 39.8 Å². The molecule has 1 amide bonds. The molecule has 1 aliphatic carbocycles. The first-order valence-electron chi connectivity index (χ1n) is 22.3. The van der Waals surface area contributed by atoms with Gasteiger partial charge in [-0.2, -0.15) is 5.10 Å². The highest BCUT2D eigenvalue weighted by Gasteiger charge is 2.50. The van der Waals surface area contributed by atoms with E-state index in [4.69, 9.17) is 19.3 Å². The highest BCUT2D eigenvalue weighted by molar-refractivity contribution is 6.23. The number of methoxy groups -OCH3 is 1. The fourth-order valence-corrected chi connectivity index (χ4v) is 9.60. The number of hydrazone groups is 1. The summed E-state index contributed by atoms with van der Waals surface area (Å²) in [6.45, 7) is 18.2. The van der Waals surface area contributed by atoms with Gasteiger partial charge in [0.25, 0.3) is 11.7 Å². The molecular formula is C48H68N4O11. The number of hydrogen-bond donors (Lipinski definition) is 7. The maximum atomic E-state index is 14.5. The predicted molar refractivity (Wildman–Crippen MR) is 241 cm³/mol. The lowest BCUT2D eigenvalue weighted by Gasteiger charge is -2.40. The summed E-state index contributed by atoms with van der Waals surface area (Å²) in [6, 6.07) is 0.560. The second kappa shape index (κ2) is 18.8. The molecule has 346 valence electrons. The van der Waals surface area contributed by atoms with Gasteiger partial charge in [-0.25, -0.2) is 0 Å². The van der Waals surface area contributed by atoms with Gasteiger partial charge in [0.1, 0.15) is 17.2 Å². The number of fused-ring (bicyclic) bond motifs is 15. The number of anilines is 1. The molecule has 5 bridgehead atoms. The maximum Gasteiger partial charge on any atom is 0.312 e. The number of nitrogens with one attached hydrogen (secondary N) is 1. The monoisotopic (exact) mass is 876 g/mol. The molecule has 1 saturated heterocycles. The van der Waals surface area contributed by atoms with Gasteiger partial charge in [-0.1, -0.05) is 72.6 Å². The van der Waals surface area contributed by atoms with Crippen molar-refractivity contribution in [2.24, 2.45) is 34.2 Å². The SMILES string of the molecule is CO[C@H]1/C=C/O[C@@]2(C)Oc3c(C)c(O)c4c(O)c(c(/C=N/N5CCN(C6CCCC6)CC5)c(O)c4c3C2=O)NC(=O)/C(C)=C\C=C\C(C)(C)[C@H](C)[C@H](O)[C@@H](C)[C@@H](O)[C@@H](C)[C@H](O)[C@@H]1C. The molecule has 0 spiro atoms. The minimum absolute atomic E-state index is 0.0752. The molecule has 2 aromatic carbocycles. The number of phenols is 3. The Morgan fingerprint density at radius 1 is 0.857 bits per heavy atom. The molecule has 2 fully saturated rings. The molecule has 7 N–H and O–H groups in total. The number of hydrogen-bond acceptors (Lipinski definition) is 14. The van der Waals surface area contributed by atoms with Crippen molar-refractivity contribution in [2.75, 3.05) is 38.6 Å². The van der Waals surface area contributed by atoms with Gasteiger partial charge in [0.2, 0.25) is 0 Å². The number of ketones is 1. The average Bonchev–Trinajstić information content (AvgIpc) is 3.90. The van der Waals surface area contributed by atoms with Crippen molar-refractivity contribution in [1.82, 2.24) is 9.91 Å². The summed E-state index contributed by atoms with van der Waals surface area (Å²) < 4.78 is 17.9. The van der Waals surface area contributed by atoms with Crippen LogP contribution >= 0.6 is 0 Å². The molecule has 4 heterocycles. The number of piperazine rings is 1. The van der Waals surface area contributed by atoms with E-state index in [9.17, 15) is 40.2 Å². The molecule has 7 rings (SSSR count). The summed E-state index contributed by atoms with van der Waals surface area (Å²) in [6.07, 6.45) is 10.1. The Bertz CT molecular complexity index is 2170. The third-order valence-corrected chi connectivity index (χ3v) is 14.5. The zero-order chi connectivity index (χ0) is 46.3. The Morgan fingerprint density at radius 2 is 1.48 bits per heavy atom. The van der Waals surface area contributed by atoms with Crippen molar-refractivity contribution < 1.29 is 54.4 Å². The van der Waals surface area contributed by atoms with Crippen molar-refractivity contribution >= 4 is 34.4 Å². The quantitative estimate of drug-likeness (QED) is 0.105. The van der Waals surface area contributed by atoms with Gasteiger partial charge in [0.15, 0.2) is 5.75 Å². The van der Waals surface area contributed by atoms with E-state index in [1.807, 2.05) is 31.9 Å². The van der Waals surface area contributed by atoms with E-state index in [-0.39, 0.29) is 50.4 Å². The van der Waals surface area contributed by atoms with Gasteiger partial charge < -0.3 is 50.2 Å². The number of aromatic hydroxyl groups is 3. The Kier molecular flexibility index (Phi) is 14.3. The number of ether oxygens (including phenoxy) is 3. The van der Waals surface area contributed by atoms with Crippen molar-refractivity contribution in [2.45, 2.75) is 124 Å². The summed E-state index contributed by atoms with van der Waals surface area (Å²) in [7, 11) is 1.45. The number of carbonyl (C=O) groups excluding carboxylic acids is 2. The molecule has 15 heteroatoms. The lowest BCUT2D eigenvalue weighted by molar-refractivity contribution is -0.112. The summed E-state index contributed by atoms with van der Waals surface area (Å²) >= 11 is 0. The van der Waals surface area contributed by atoms with Crippen LogP contribution in [0.3, 0.4) is 0 Å². The molecule has 15 nitrogen and oxygen atoms in total. The number of benzene rings is 2. The zero-order valence-corrected chi connectivity index (χ0v) is 38.4. The van der Waals surface area contributed by atoms with Gasteiger partial charge in [0, 0.05) is 80.5 Å². The number of carbonyl (C=O) groups is 2. The summed E-state index contributed by atoms with van der Waals surface area (Å²) in [4.78, 5) is 30.9. The minimum atomic E-state index is -2.02. The predicted octanol–water partition coefficient (Wildman–Crippen LogP) is 6.10. The van der Waals surface area contributed by atoms with E-state index in [1.165, 1.54) is 65.2 Å². The number of aliphatic hydroxyl groups excluding tert-OH is 3. The highest BCUT2D eigenvalue weighted by Crippen LogP contribution is 2.55. The molecule has 4 aliphatic heterocycles. The smallest absolute Gasteiger partial charge is 0.312 e. The third kappa shape index (κ3) is 9.17. The van der Waals surface area contributed by atoms with E-state index in [0.29, 0.717) is 19.1 Å². The number of nitrogens with zero attached hydrogens (tertiary/aromatic N) is 3. The first-order valence-corrected chi connectivity index (χ1v) is 22.3. The Hall–Kier alpha value is -4.67. The average molecular weight is 877 g/mol. The Labute approximate surface area is 370 Å². The second-order valence-electron chi connectivity index (χ2n) is 18.9. The van der Waals surface area contributed by atoms with Crippen LogP contribution in [0.15, 0.2) is 41.2 Å². The van der Waals surface area contributed by atoms with Crippen LogP contribution in [0.2, 0.25) is 0 Å². The van der Waals surface area contributed by atoms with E-state index >= 15 is 0 Å². The van der Waals surface area contributed by atoms with Crippen LogP contribution in [0, 0.1) is 36.0 Å². The lowest BCUT2D eigenvalue weighted by Crippen LogP contribution is -2.47. The van der Waals surface area contributed by atoms with E-state index in [0.717, 1.165) is 13.1 Å². The topological polar surface area (TPSA) is 214 Å². The normalized spacial score (nSPS) is 33.5. The van der Waals surface area contributed by atoms with Crippen LogP contribution in [-0.4, -0.2) is 128 Å². The van der Waals surface area contributed by atoms with E-state index < -0.39 is 82.3 Å². The van der Waals surface area contributed by atoms with Gasteiger partial charge >= 0.3 is 5.79 Å². The highest BCUT2D eigenvalue weighted by atomic mass is 16.7. The summed E-state index contributed by atoms with van der Waals surface area (Å²) in [5.74, 6) is -7.40. The zero-order valence-electron chi connectivity index (χ0n) is 38.4. The molecule has 63 heavy (non-hydrogen) atoms. The molecule has 1 saturated carbocycles. The number of phenolic OH excluding ortho intramolecular Hbond substituents is 3. The molecule has 0 unspecified atom stereocenters. The van der Waals surface area contributed by atoms with Gasteiger partial charge in [0.05, 0.1) is 59.1 Å². The van der Waals surface area contributed by atoms with Crippen molar-refractivity contribution in [3.05, 3.63) is 52.8 Å². The largest absolute Gasteiger partial charge is 0.507 e. The van der Waals surface area contributed by atoms with Crippen molar-refractivity contribution in [3.63, 3.8) is 0 Å². The van der Waals surface area contributed by atoms with Crippen LogP contribution in [0.5, 0.6) is 23.0 Å². The molecule has 2 aromatic rings. The van der Waals surface area contributed by atoms with Gasteiger partial charge in [-0.15, -0.1) is 0 Å². The molecule has 9 atom stereocenters. The summed E-state index contributed by atoms with van der Waals surface area (Å²) in [5, 5.41) is 79.3. The number of aliphatic hydroxyl groups is 3. The van der Waals surface area contributed by atoms with Crippen molar-refractivity contribution in [3.8, 4) is 23.0 Å².